The SMILES string of the molecule is O=C(CC1CCSCC1)NCC1(CBr)CCCCC1. The lowest BCUT2D eigenvalue weighted by molar-refractivity contribution is -0.122. The van der Waals surface area contributed by atoms with Gasteiger partial charge in [0.1, 0.15) is 0 Å². The first kappa shape index (κ1) is 15.7. The summed E-state index contributed by atoms with van der Waals surface area (Å²) in [5, 5.41) is 4.24. The van der Waals surface area contributed by atoms with E-state index in [1.165, 1.54) is 56.5 Å². The molecule has 1 heterocycles. The fourth-order valence-electron chi connectivity index (χ4n) is 3.23. The van der Waals surface area contributed by atoms with Gasteiger partial charge in [-0.3, -0.25) is 4.79 Å². The minimum atomic E-state index is 0.280. The Kier molecular flexibility index (Phi) is 6.54. The van der Waals surface area contributed by atoms with E-state index < -0.39 is 0 Å². The van der Waals surface area contributed by atoms with Gasteiger partial charge in [-0.05, 0) is 48.5 Å². The summed E-state index contributed by atoms with van der Waals surface area (Å²) in [6.45, 7) is 0.874. The summed E-state index contributed by atoms with van der Waals surface area (Å²) in [6, 6.07) is 0. The van der Waals surface area contributed by atoms with Gasteiger partial charge in [-0.15, -0.1) is 0 Å². The molecule has 0 atom stereocenters. The summed E-state index contributed by atoms with van der Waals surface area (Å²) < 4.78 is 0. The molecule has 0 aromatic carbocycles. The predicted molar refractivity (Wildman–Crippen MR) is 87.0 cm³/mol. The number of rotatable bonds is 5. The van der Waals surface area contributed by atoms with Crippen LogP contribution < -0.4 is 5.32 Å². The Morgan fingerprint density at radius 3 is 2.53 bits per heavy atom. The van der Waals surface area contributed by atoms with Crippen LogP contribution in [0.2, 0.25) is 0 Å². The molecule has 2 rings (SSSR count). The van der Waals surface area contributed by atoms with Crippen LogP contribution >= 0.6 is 27.7 Å². The maximum atomic E-state index is 12.1. The standard InChI is InChI=1S/C15H26BrNOS/c16-11-15(6-2-1-3-7-15)12-17-14(18)10-13-4-8-19-9-5-13/h13H,1-12H2,(H,17,18). The molecule has 1 aliphatic heterocycles. The average Bonchev–Trinajstić information content (AvgIpc) is 2.47. The summed E-state index contributed by atoms with van der Waals surface area (Å²) in [5.74, 6) is 3.39. The van der Waals surface area contributed by atoms with Crippen molar-refractivity contribution in [2.24, 2.45) is 11.3 Å². The molecule has 0 spiro atoms. The fourth-order valence-corrected chi connectivity index (χ4v) is 5.19. The van der Waals surface area contributed by atoms with E-state index in [2.05, 4.69) is 21.2 Å². The molecule has 2 nitrogen and oxygen atoms in total. The monoisotopic (exact) mass is 347 g/mol. The van der Waals surface area contributed by atoms with Gasteiger partial charge in [-0.25, -0.2) is 0 Å². The van der Waals surface area contributed by atoms with Crippen molar-refractivity contribution in [3.05, 3.63) is 0 Å². The number of thioether (sulfide) groups is 1. The molecule has 2 fully saturated rings. The van der Waals surface area contributed by atoms with Crippen molar-refractivity contribution in [2.75, 3.05) is 23.4 Å². The van der Waals surface area contributed by atoms with Gasteiger partial charge in [0, 0.05) is 18.3 Å². The molecule has 110 valence electrons. The molecule has 19 heavy (non-hydrogen) atoms. The minimum absolute atomic E-state index is 0.280. The van der Waals surface area contributed by atoms with E-state index in [1.54, 1.807) is 0 Å². The third kappa shape index (κ3) is 4.96. The predicted octanol–water partition coefficient (Wildman–Crippen LogP) is 3.98. The Hall–Kier alpha value is 0.300. The number of amides is 1. The zero-order valence-corrected chi connectivity index (χ0v) is 14.2. The first-order valence-corrected chi connectivity index (χ1v) is 9.92. The van der Waals surface area contributed by atoms with E-state index in [9.17, 15) is 4.79 Å². The number of nitrogens with one attached hydrogen (secondary N) is 1. The van der Waals surface area contributed by atoms with Gasteiger partial charge >= 0.3 is 0 Å². The second-order valence-electron chi connectivity index (χ2n) is 6.23. The largest absolute Gasteiger partial charge is 0.356 e. The molecule has 1 amide bonds. The zero-order valence-electron chi connectivity index (χ0n) is 11.8. The number of carbonyl (C=O) groups excluding carboxylic acids is 1. The Morgan fingerprint density at radius 2 is 1.89 bits per heavy atom. The number of hydrogen-bond donors (Lipinski definition) is 1. The quantitative estimate of drug-likeness (QED) is 0.762. The molecule has 2 aliphatic rings. The Balaban J connectivity index is 1.72. The number of alkyl halides is 1. The molecule has 1 saturated heterocycles. The normalized spacial score (nSPS) is 24.1. The second kappa shape index (κ2) is 7.92. The van der Waals surface area contributed by atoms with Crippen LogP contribution in [-0.2, 0) is 4.79 Å². The first-order valence-electron chi connectivity index (χ1n) is 7.64. The molecule has 0 bridgehead atoms. The van der Waals surface area contributed by atoms with Crippen molar-refractivity contribution >= 4 is 33.6 Å². The van der Waals surface area contributed by atoms with Gasteiger partial charge in [0.15, 0.2) is 0 Å². The Morgan fingerprint density at radius 1 is 1.21 bits per heavy atom. The van der Waals surface area contributed by atoms with Crippen molar-refractivity contribution < 1.29 is 4.79 Å². The van der Waals surface area contributed by atoms with Gasteiger partial charge in [0.05, 0.1) is 0 Å². The maximum absolute atomic E-state index is 12.1. The number of hydrogen-bond acceptors (Lipinski definition) is 2. The van der Waals surface area contributed by atoms with Crippen LogP contribution in [0.15, 0.2) is 0 Å². The van der Waals surface area contributed by atoms with E-state index in [0.29, 0.717) is 11.3 Å². The Bertz CT molecular complexity index is 286. The summed E-state index contributed by atoms with van der Waals surface area (Å²) in [4.78, 5) is 12.1. The zero-order chi connectivity index (χ0) is 13.6. The molecule has 1 saturated carbocycles. The van der Waals surface area contributed by atoms with Gasteiger partial charge < -0.3 is 5.32 Å². The number of carbonyl (C=O) groups is 1. The van der Waals surface area contributed by atoms with Crippen LogP contribution in [0, 0.1) is 11.3 Å². The smallest absolute Gasteiger partial charge is 0.220 e. The van der Waals surface area contributed by atoms with Crippen LogP contribution in [0.4, 0.5) is 0 Å². The topological polar surface area (TPSA) is 29.1 Å². The second-order valence-corrected chi connectivity index (χ2v) is 8.02. The lowest BCUT2D eigenvalue weighted by atomic mass is 9.75. The summed E-state index contributed by atoms with van der Waals surface area (Å²) in [5.41, 5.74) is 0.330. The summed E-state index contributed by atoms with van der Waals surface area (Å²) >= 11 is 5.69. The maximum Gasteiger partial charge on any atom is 0.220 e. The van der Waals surface area contributed by atoms with Crippen molar-refractivity contribution in [2.45, 2.75) is 51.4 Å². The molecule has 0 unspecified atom stereocenters. The van der Waals surface area contributed by atoms with Crippen molar-refractivity contribution in [1.29, 1.82) is 0 Å². The van der Waals surface area contributed by atoms with E-state index >= 15 is 0 Å². The molecule has 1 N–H and O–H groups in total. The van der Waals surface area contributed by atoms with Crippen LogP contribution in [0.5, 0.6) is 0 Å². The van der Waals surface area contributed by atoms with Gasteiger partial charge in [-0.2, -0.15) is 11.8 Å². The van der Waals surface area contributed by atoms with Crippen molar-refractivity contribution in [3.63, 3.8) is 0 Å². The highest BCUT2D eigenvalue weighted by Gasteiger charge is 2.31. The molecular weight excluding hydrogens is 322 g/mol. The Labute approximate surface area is 130 Å². The molecule has 1 aliphatic carbocycles. The molecule has 0 radical (unpaired) electrons. The highest BCUT2D eigenvalue weighted by Crippen LogP contribution is 2.37. The van der Waals surface area contributed by atoms with E-state index in [0.717, 1.165) is 18.3 Å². The van der Waals surface area contributed by atoms with Gasteiger partial charge in [0.2, 0.25) is 5.91 Å². The van der Waals surface area contributed by atoms with Crippen LogP contribution in [-0.4, -0.2) is 29.3 Å². The van der Waals surface area contributed by atoms with Gasteiger partial charge in [-0.1, -0.05) is 35.2 Å². The third-order valence-electron chi connectivity index (χ3n) is 4.67. The van der Waals surface area contributed by atoms with Crippen LogP contribution in [0.25, 0.3) is 0 Å². The first-order chi connectivity index (χ1) is 9.24. The molecule has 4 heteroatoms. The summed E-state index contributed by atoms with van der Waals surface area (Å²) in [7, 11) is 0. The van der Waals surface area contributed by atoms with Crippen molar-refractivity contribution in [3.8, 4) is 0 Å². The van der Waals surface area contributed by atoms with E-state index in [4.69, 9.17) is 0 Å². The lowest BCUT2D eigenvalue weighted by Gasteiger charge is -2.36. The minimum Gasteiger partial charge on any atom is -0.356 e. The highest BCUT2D eigenvalue weighted by molar-refractivity contribution is 9.09. The van der Waals surface area contributed by atoms with Gasteiger partial charge in [0.25, 0.3) is 0 Å². The van der Waals surface area contributed by atoms with E-state index in [-0.39, 0.29) is 5.91 Å². The van der Waals surface area contributed by atoms with Crippen molar-refractivity contribution in [1.82, 2.24) is 5.32 Å². The lowest BCUT2D eigenvalue weighted by Crippen LogP contribution is -2.40. The average molecular weight is 348 g/mol. The van der Waals surface area contributed by atoms with Crippen LogP contribution in [0.3, 0.4) is 0 Å². The fraction of sp³-hybridized carbons (Fsp3) is 0.933. The molecular formula is C15H26BrNOS. The van der Waals surface area contributed by atoms with Crippen LogP contribution in [0.1, 0.15) is 51.4 Å². The highest BCUT2D eigenvalue weighted by atomic mass is 79.9. The molecule has 0 aromatic rings. The number of halogens is 1. The summed E-state index contributed by atoms with van der Waals surface area (Å²) in [6.07, 6.45) is 9.73. The molecule has 0 aromatic heterocycles. The van der Waals surface area contributed by atoms with E-state index in [1.807, 2.05) is 11.8 Å². The third-order valence-corrected chi connectivity index (χ3v) is 6.91.